The van der Waals surface area contributed by atoms with Gasteiger partial charge in [-0.1, -0.05) is 12.1 Å². The molecule has 0 aliphatic rings. The third-order valence-electron chi connectivity index (χ3n) is 3.82. The predicted molar refractivity (Wildman–Crippen MR) is 120 cm³/mol. The summed E-state index contributed by atoms with van der Waals surface area (Å²) in [6.07, 6.45) is 2.19. The molecule has 1 aromatic carbocycles. The largest absolute Gasteiger partial charge is 0.464 e. The molecule has 0 aliphatic heterocycles. The van der Waals surface area contributed by atoms with Crippen LogP contribution in [0.4, 0.5) is 10.5 Å². The van der Waals surface area contributed by atoms with Crippen molar-refractivity contribution in [2.45, 2.75) is 59.1 Å². The molecule has 2 amide bonds. The normalized spacial score (nSPS) is 12.0. The monoisotopic (exact) mass is 448 g/mol. The molecule has 9 nitrogen and oxygen atoms in total. The van der Waals surface area contributed by atoms with Crippen molar-refractivity contribution in [2.75, 3.05) is 18.5 Å². The molecule has 0 heterocycles. The molecular formula is C23H32N2O7. The Balaban J connectivity index is 2.63. The number of hydrogen-bond donors (Lipinski definition) is 2. The lowest BCUT2D eigenvalue weighted by molar-refractivity contribution is -0.146. The number of rotatable bonds is 10. The average Bonchev–Trinajstić information content (AvgIpc) is 2.69. The van der Waals surface area contributed by atoms with E-state index in [-0.39, 0.29) is 25.4 Å². The van der Waals surface area contributed by atoms with Crippen LogP contribution in [0, 0.1) is 0 Å². The second-order valence-corrected chi connectivity index (χ2v) is 7.75. The summed E-state index contributed by atoms with van der Waals surface area (Å²) in [5, 5.41) is 5.18. The van der Waals surface area contributed by atoms with Crippen molar-refractivity contribution in [2.24, 2.45) is 0 Å². The Labute approximate surface area is 188 Å². The molecule has 1 rings (SSSR count). The lowest BCUT2D eigenvalue weighted by atomic mass is 10.1. The molecule has 0 spiro atoms. The Hall–Kier alpha value is -3.36. The third kappa shape index (κ3) is 11.1. The SMILES string of the molecule is CCOC(=O)C=Cc1ccc(NC(=O)CC[C@H](NC(=O)OC(C)(C)C)C(=O)OCC)cc1. The summed E-state index contributed by atoms with van der Waals surface area (Å²) in [5.74, 6) is -1.40. The van der Waals surface area contributed by atoms with Crippen LogP contribution in [0.15, 0.2) is 30.3 Å². The number of hydrogen-bond acceptors (Lipinski definition) is 7. The van der Waals surface area contributed by atoms with Gasteiger partial charge in [-0.2, -0.15) is 0 Å². The molecule has 0 bridgehead atoms. The smallest absolute Gasteiger partial charge is 0.408 e. The molecule has 0 unspecified atom stereocenters. The van der Waals surface area contributed by atoms with Gasteiger partial charge in [0.05, 0.1) is 13.2 Å². The van der Waals surface area contributed by atoms with Crippen molar-refractivity contribution in [1.82, 2.24) is 5.32 Å². The van der Waals surface area contributed by atoms with E-state index in [0.717, 1.165) is 5.56 Å². The average molecular weight is 449 g/mol. The maximum Gasteiger partial charge on any atom is 0.408 e. The van der Waals surface area contributed by atoms with E-state index in [2.05, 4.69) is 10.6 Å². The standard InChI is InChI=1S/C23H32N2O7/c1-6-30-20(27)15-10-16-8-11-17(12-9-16)24-19(26)14-13-18(21(28)31-7-2)25-22(29)32-23(3,4)5/h8-12,15,18H,6-7,13-14H2,1-5H3,(H,24,26)(H,25,29)/t18-/m0/s1. The topological polar surface area (TPSA) is 120 Å². The molecule has 0 saturated heterocycles. The maximum atomic E-state index is 12.3. The number of amides is 2. The zero-order valence-electron chi connectivity index (χ0n) is 19.2. The summed E-state index contributed by atoms with van der Waals surface area (Å²) in [6.45, 7) is 8.95. The van der Waals surface area contributed by atoms with Gasteiger partial charge in [0.1, 0.15) is 11.6 Å². The number of nitrogens with one attached hydrogen (secondary N) is 2. The van der Waals surface area contributed by atoms with Crippen LogP contribution in [0.3, 0.4) is 0 Å². The molecule has 2 N–H and O–H groups in total. The van der Waals surface area contributed by atoms with Gasteiger partial charge >= 0.3 is 18.0 Å². The van der Waals surface area contributed by atoms with E-state index in [9.17, 15) is 19.2 Å². The Morgan fingerprint density at radius 1 is 1.00 bits per heavy atom. The molecular weight excluding hydrogens is 416 g/mol. The van der Waals surface area contributed by atoms with Crippen molar-refractivity contribution < 1.29 is 33.4 Å². The van der Waals surface area contributed by atoms with E-state index in [4.69, 9.17) is 14.2 Å². The van der Waals surface area contributed by atoms with E-state index in [1.54, 1.807) is 65.0 Å². The van der Waals surface area contributed by atoms with Gasteiger partial charge in [0.25, 0.3) is 0 Å². The van der Waals surface area contributed by atoms with E-state index in [1.165, 1.54) is 6.08 Å². The predicted octanol–water partition coefficient (Wildman–Crippen LogP) is 3.44. The number of ether oxygens (including phenoxy) is 3. The fourth-order valence-corrected chi connectivity index (χ4v) is 2.47. The minimum Gasteiger partial charge on any atom is -0.464 e. The number of benzene rings is 1. The highest BCUT2D eigenvalue weighted by Gasteiger charge is 2.26. The lowest BCUT2D eigenvalue weighted by Crippen LogP contribution is -2.44. The molecule has 1 atom stereocenters. The van der Waals surface area contributed by atoms with Crippen LogP contribution in [0.5, 0.6) is 0 Å². The van der Waals surface area contributed by atoms with Gasteiger partial charge in [0.2, 0.25) is 5.91 Å². The molecule has 0 saturated carbocycles. The van der Waals surface area contributed by atoms with Crippen LogP contribution in [-0.2, 0) is 28.6 Å². The van der Waals surface area contributed by atoms with Gasteiger partial charge in [0.15, 0.2) is 0 Å². The second kappa shape index (κ2) is 13.1. The van der Waals surface area contributed by atoms with Crippen LogP contribution >= 0.6 is 0 Å². The summed E-state index contributed by atoms with van der Waals surface area (Å²) < 4.78 is 15.0. The van der Waals surface area contributed by atoms with Gasteiger partial charge in [0, 0.05) is 18.2 Å². The highest BCUT2D eigenvalue weighted by atomic mass is 16.6. The molecule has 176 valence electrons. The lowest BCUT2D eigenvalue weighted by Gasteiger charge is -2.22. The quantitative estimate of drug-likeness (QED) is 0.320. The summed E-state index contributed by atoms with van der Waals surface area (Å²) in [7, 11) is 0. The number of carbonyl (C=O) groups excluding carboxylic acids is 4. The second-order valence-electron chi connectivity index (χ2n) is 7.75. The first-order valence-corrected chi connectivity index (χ1v) is 10.4. The van der Waals surface area contributed by atoms with Crippen LogP contribution in [0.1, 0.15) is 53.0 Å². The number of esters is 2. The Morgan fingerprint density at radius 3 is 2.19 bits per heavy atom. The van der Waals surface area contributed by atoms with Crippen LogP contribution in [0.25, 0.3) is 6.08 Å². The summed E-state index contributed by atoms with van der Waals surface area (Å²) in [5.41, 5.74) is 0.592. The van der Waals surface area contributed by atoms with Gasteiger partial charge in [-0.25, -0.2) is 14.4 Å². The van der Waals surface area contributed by atoms with Gasteiger partial charge in [-0.15, -0.1) is 0 Å². The Kier molecular flexibility index (Phi) is 11.0. The summed E-state index contributed by atoms with van der Waals surface area (Å²) in [6, 6.07) is 5.83. The zero-order chi connectivity index (χ0) is 24.1. The van der Waals surface area contributed by atoms with Crippen molar-refractivity contribution in [3.63, 3.8) is 0 Å². The van der Waals surface area contributed by atoms with Crippen LogP contribution < -0.4 is 10.6 Å². The van der Waals surface area contributed by atoms with Crippen molar-refractivity contribution >= 4 is 35.7 Å². The molecule has 1 aromatic rings. The van der Waals surface area contributed by atoms with Gasteiger partial charge in [-0.3, -0.25) is 4.79 Å². The summed E-state index contributed by atoms with van der Waals surface area (Å²) in [4.78, 5) is 47.8. The Morgan fingerprint density at radius 2 is 1.62 bits per heavy atom. The maximum absolute atomic E-state index is 12.3. The third-order valence-corrected chi connectivity index (χ3v) is 3.82. The highest BCUT2D eigenvalue weighted by molar-refractivity contribution is 5.92. The Bertz CT molecular complexity index is 811. The van der Waals surface area contributed by atoms with Crippen molar-refractivity contribution in [3.05, 3.63) is 35.9 Å². The number of carbonyl (C=O) groups is 4. The highest BCUT2D eigenvalue weighted by Crippen LogP contribution is 2.13. The minimum atomic E-state index is -1.01. The van der Waals surface area contributed by atoms with Crippen LogP contribution in [0.2, 0.25) is 0 Å². The fraction of sp³-hybridized carbons (Fsp3) is 0.478. The molecule has 0 aromatic heterocycles. The van der Waals surface area contributed by atoms with Gasteiger partial charge < -0.3 is 24.8 Å². The molecule has 0 fully saturated rings. The van der Waals surface area contributed by atoms with Crippen LogP contribution in [-0.4, -0.2) is 48.8 Å². The first-order valence-electron chi connectivity index (χ1n) is 10.4. The molecule has 32 heavy (non-hydrogen) atoms. The molecule has 9 heteroatoms. The van der Waals surface area contributed by atoms with E-state index in [1.807, 2.05) is 0 Å². The number of anilines is 1. The number of alkyl carbamates (subject to hydrolysis) is 1. The molecule has 0 aliphatic carbocycles. The first-order chi connectivity index (χ1) is 15.0. The van der Waals surface area contributed by atoms with E-state index >= 15 is 0 Å². The first kappa shape index (κ1) is 26.7. The van der Waals surface area contributed by atoms with Crippen molar-refractivity contribution in [3.8, 4) is 0 Å². The fourth-order valence-electron chi connectivity index (χ4n) is 2.47. The molecule has 0 radical (unpaired) electrons. The van der Waals surface area contributed by atoms with E-state index < -0.39 is 29.7 Å². The van der Waals surface area contributed by atoms with Crippen molar-refractivity contribution in [1.29, 1.82) is 0 Å². The van der Waals surface area contributed by atoms with E-state index in [0.29, 0.717) is 12.3 Å². The zero-order valence-corrected chi connectivity index (χ0v) is 19.2. The van der Waals surface area contributed by atoms with Gasteiger partial charge in [-0.05, 0) is 64.8 Å². The minimum absolute atomic E-state index is 0.0240. The summed E-state index contributed by atoms with van der Waals surface area (Å²) >= 11 is 0.